The maximum Gasteiger partial charge on any atom is 0.164 e. The first-order valence-corrected chi connectivity index (χ1v) is 7.01. The van der Waals surface area contributed by atoms with Crippen LogP contribution in [0.5, 0.6) is 0 Å². The number of rotatable bonds is 6. The second-order valence-electron chi connectivity index (χ2n) is 3.66. The van der Waals surface area contributed by atoms with E-state index in [0.29, 0.717) is 11.4 Å². The van der Waals surface area contributed by atoms with Crippen molar-refractivity contribution in [3.8, 4) is 0 Å². The van der Waals surface area contributed by atoms with Gasteiger partial charge in [-0.25, -0.2) is 0 Å². The van der Waals surface area contributed by atoms with E-state index in [2.05, 4.69) is 6.92 Å². The minimum atomic E-state index is 0.198. The van der Waals surface area contributed by atoms with E-state index in [-0.39, 0.29) is 5.78 Å². The number of Topliss-reactive ketones (excluding diaryl/α,β-unsaturated/α-hetero) is 1. The molecule has 1 aromatic rings. The van der Waals surface area contributed by atoms with E-state index in [1.165, 1.54) is 0 Å². The van der Waals surface area contributed by atoms with Gasteiger partial charge in [0.15, 0.2) is 5.78 Å². The van der Waals surface area contributed by atoms with Gasteiger partial charge in [-0.05, 0) is 36.8 Å². The Kier molecular flexibility index (Phi) is 5.93. The molecule has 1 aromatic carbocycles. The van der Waals surface area contributed by atoms with Crippen molar-refractivity contribution in [1.29, 1.82) is 0 Å². The number of carbonyl (C=O) groups is 1. The van der Waals surface area contributed by atoms with Crippen molar-refractivity contribution >= 4 is 29.1 Å². The summed E-state index contributed by atoms with van der Waals surface area (Å²) in [7, 11) is 0. The quantitative estimate of drug-likeness (QED) is 0.536. The number of thioether (sulfide) groups is 1. The van der Waals surface area contributed by atoms with Gasteiger partial charge in [0.2, 0.25) is 0 Å². The van der Waals surface area contributed by atoms with Crippen LogP contribution in [0.25, 0.3) is 0 Å². The number of hydrogen-bond donors (Lipinski definition) is 0. The molecule has 16 heavy (non-hydrogen) atoms. The lowest BCUT2D eigenvalue weighted by atomic mass is 10.1. The molecule has 0 unspecified atom stereocenters. The third kappa shape index (κ3) is 3.84. The topological polar surface area (TPSA) is 17.1 Å². The molecule has 0 heterocycles. The summed E-state index contributed by atoms with van der Waals surface area (Å²) in [5.41, 5.74) is 0.785. The van der Waals surface area contributed by atoms with Crippen LogP contribution in [-0.4, -0.2) is 11.5 Å². The van der Waals surface area contributed by atoms with E-state index < -0.39 is 0 Å². The van der Waals surface area contributed by atoms with Gasteiger partial charge < -0.3 is 0 Å². The predicted molar refractivity (Wildman–Crippen MR) is 71.7 cm³/mol. The van der Waals surface area contributed by atoms with E-state index in [1.807, 2.05) is 19.1 Å². The number of hydrogen-bond acceptors (Lipinski definition) is 2. The molecule has 88 valence electrons. The fraction of sp³-hybridized carbons (Fsp3) is 0.462. The van der Waals surface area contributed by atoms with Crippen molar-refractivity contribution in [2.75, 3.05) is 5.75 Å². The molecular weight excluding hydrogens is 240 g/mol. The monoisotopic (exact) mass is 256 g/mol. The van der Waals surface area contributed by atoms with Gasteiger partial charge in [-0.3, -0.25) is 4.79 Å². The minimum absolute atomic E-state index is 0.198. The lowest BCUT2D eigenvalue weighted by Gasteiger charge is -2.08. The molecule has 0 spiro atoms. The Morgan fingerprint density at radius 2 is 2.06 bits per heavy atom. The smallest absolute Gasteiger partial charge is 0.164 e. The second-order valence-corrected chi connectivity index (χ2v) is 5.24. The number of halogens is 1. The Morgan fingerprint density at radius 1 is 1.31 bits per heavy atom. The Morgan fingerprint density at radius 3 is 2.69 bits per heavy atom. The van der Waals surface area contributed by atoms with Gasteiger partial charge in [-0.1, -0.05) is 25.4 Å². The fourth-order valence-electron chi connectivity index (χ4n) is 1.42. The molecule has 0 aliphatic heterocycles. The molecule has 0 aliphatic rings. The summed E-state index contributed by atoms with van der Waals surface area (Å²) in [6.07, 6.45) is 2.58. The van der Waals surface area contributed by atoms with E-state index >= 15 is 0 Å². The average Bonchev–Trinajstić information content (AvgIpc) is 2.27. The summed E-state index contributed by atoms with van der Waals surface area (Å²) in [6, 6.07) is 5.59. The van der Waals surface area contributed by atoms with Gasteiger partial charge in [0, 0.05) is 21.9 Å². The highest BCUT2D eigenvalue weighted by Crippen LogP contribution is 2.27. The van der Waals surface area contributed by atoms with Crippen LogP contribution < -0.4 is 0 Å². The van der Waals surface area contributed by atoms with Gasteiger partial charge >= 0.3 is 0 Å². The first kappa shape index (κ1) is 13.6. The molecule has 1 nitrogen and oxygen atoms in total. The third-order valence-corrected chi connectivity index (χ3v) is 3.70. The molecular formula is C13H17ClOS. The maximum absolute atomic E-state index is 11.9. The summed E-state index contributed by atoms with van der Waals surface area (Å²) in [6.45, 7) is 4.15. The van der Waals surface area contributed by atoms with Crippen LogP contribution >= 0.6 is 23.4 Å². The lowest BCUT2D eigenvalue weighted by molar-refractivity contribution is 0.0979. The van der Waals surface area contributed by atoms with Crippen LogP contribution in [0.2, 0.25) is 5.02 Å². The van der Waals surface area contributed by atoms with Gasteiger partial charge in [-0.15, -0.1) is 11.8 Å². The molecule has 3 heteroatoms. The Labute approximate surface area is 107 Å². The van der Waals surface area contributed by atoms with Gasteiger partial charge in [0.05, 0.1) is 0 Å². The van der Waals surface area contributed by atoms with Crippen molar-refractivity contribution in [1.82, 2.24) is 0 Å². The standard InChI is InChI=1S/C13H17ClOS/c1-3-5-12(15)11-9-10(14)6-7-13(11)16-8-4-2/h6-7,9H,3-5,8H2,1-2H3. The van der Waals surface area contributed by atoms with Crippen molar-refractivity contribution in [2.45, 2.75) is 38.0 Å². The van der Waals surface area contributed by atoms with E-state index in [4.69, 9.17) is 11.6 Å². The summed E-state index contributed by atoms with van der Waals surface area (Å²) in [5, 5.41) is 0.639. The molecule has 0 fully saturated rings. The zero-order valence-corrected chi connectivity index (χ0v) is 11.3. The predicted octanol–water partition coefficient (Wildman–Crippen LogP) is 4.82. The fourth-order valence-corrected chi connectivity index (χ4v) is 2.51. The molecule has 0 radical (unpaired) electrons. The summed E-state index contributed by atoms with van der Waals surface area (Å²) >= 11 is 7.66. The molecule has 0 saturated carbocycles. The number of ketones is 1. The van der Waals surface area contributed by atoms with Gasteiger partial charge in [-0.2, -0.15) is 0 Å². The molecule has 0 aliphatic carbocycles. The van der Waals surface area contributed by atoms with Crippen LogP contribution in [0.3, 0.4) is 0 Å². The van der Waals surface area contributed by atoms with Crippen molar-refractivity contribution in [2.24, 2.45) is 0 Å². The molecule has 0 N–H and O–H groups in total. The minimum Gasteiger partial charge on any atom is -0.294 e. The van der Waals surface area contributed by atoms with Gasteiger partial charge in [0.25, 0.3) is 0 Å². The summed E-state index contributed by atoms with van der Waals surface area (Å²) in [4.78, 5) is 13.0. The zero-order chi connectivity index (χ0) is 12.0. The first-order valence-electron chi connectivity index (χ1n) is 5.64. The van der Waals surface area contributed by atoms with Crippen LogP contribution in [0.1, 0.15) is 43.5 Å². The van der Waals surface area contributed by atoms with Crippen molar-refractivity contribution < 1.29 is 4.79 Å². The molecule has 0 saturated heterocycles. The summed E-state index contributed by atoms with van der Waals surface area (Å²) < 4.78 is 0. The number of carbonyl (C=O) groups excluding carboxylic acids is 1. The van der Waals surface area contributed by atoms with E-state index in [1.54, 1.807) is 17.8 Å². The largest absolute Gasteiger partial charge is 0.294 e. The average molecular weight is 257 g/mol. The Balaban J connectivity index is 2.93. The van der Waals surface area contributed by atoms with Crippen LogP contribution in [-0.2, 0) is 0 Å². The zero-order valence-electron chi connectivity index (χ0n) is 9.75. The highest BCUT2D eigenvalue weighted by molar-refractivity contribution is 7.99. The first-order chi connectivity index (χ1) is 7.69. The normalized spacial score (nSPS) is 10.4. The van der Waals surface area contributed by atoms with Gasteiger partial charge in [0.1, 0.15) is 0 Å². The molecule has 0 bridgehead atoms. The Bertz CT molecular complexity index is 363. The molecule has 0 atom stereocenters. The number of benzene rings is 1. The van der Waals surface area contributed by atoms with Crippen LogP contribution in [0.4, 0.5) is 0 Å². The molecule has 1 rings (SSSR count). The molecule has 0 aromatic heterocycles. The SMILES string of the molecule is CCCSc1ccc(Cl)cc1C(=O)CCC. The highest BCUT2D eigenvalue weighted by Gasteiger charge is 2.11. The highest BCUT2D eigenvalue weighted by atomic mass is 35.5. The maximum atomic E-state index is 11.9. The van der Waals surface area contributed by atoms with E-state index in [9.17, 15) is 4.79 Å². The van der Waals surface area contributed by atoms with Crippen LogP contribution in [0, 0.1) is 0 Å². The lowest BCUT2D eigenvalue weighted by Crippen LogP contribution is -2.00. The van der Waals surface area contributed by atoms with Crippen molar-refractivity contribution in [3.05, 3.63) is 28.8 Å². The van der Waals surface area contributed by atoms with Crippen molar-refractivity contribution in [3.63, 3.8) is 0 Å². The third-order valence-electron chi connectivity index (χ3n) is 2.18. The molecule has 0 amide bonds. The van der Waals surface area contributed by atoms with Crippen LogP contribution in [0.15, 0.2) is 23.1 Å². The second kappa shape index (κ2) is 6.97. The summed E-state index contributed by atoms with van der Waals surface area (Å²) in [5.74, 6) is 1.23. The Hall–Kier alpha value is -0.470. The van der Waals surface area contributed by atoms with E-state index in [0.717, 1.165) is 29.1 Å².